The number of hydrogen-bond donors (Lipinski definition) is 1. The molecule has 8 heteroatoms. The van der Waals surface area contributed by atoms with Crippen molar-refractivity contribution in [2.45, 2.75) is 13.0 Å². The van der Waals surface area contributed by atoms with Crippen LogP contribution in [-0.4, -0.2) is 41.5 Å². The van der Waals surface area contributed by atoms with E-state index in [0.29, 0.717) is 24.8 Å². The molecule has 3 rings (SSSR count). The van der Waals surface area contributed by atoms with Crippen molar-refractivity contribution in [3.05, 3.63) is 41.2 Å². The minimum absolute atomic E-state index is 0. The van der Waals surface area contributed by atoms with Crippen LogP contribution in [0.3, 0.4) is 0 Å². The van der Waals surface area contributed by atoms with Crippen LogP contribution < -0.4 is 5.32 Å². The van der Waals surface area contributed by atoms with Gasteiger partial charge in [-0.3, -0.25) is 4.79 Å². The number of rotatable bonds is 2. The summed E-state index contributed by atoms with van der Waals surface area (Å²) in [6.07, 6.45) is 0. The van der Waals surface area contributed by atoms with Crippen molar-refractivity contribution in [3.8, 4) is 10.6 Å². The smallest absolute Gasteiger partial charge is 0.273 e. The summed E-state index contributed by atoms with van der Waals surface area (Å²) < 4.78 is 12.9. The van der Waals surface area contributed by atoms with Crippen molar-refractivity contribution in [2.75, 3.05) is 19.6 Å². The van der Waals surface area contributed by atoms with Crippen molar-refractivity contribution >= 4 is 42.1 Å². The fraction of sp³-hybridized carbons (Fsp3) is 0.333. The molecule has 1 aromatic carbocycles. The number of amides is 1. The first kappa shape index (κ1) is 19.8. The molecule has 1 amide bonds. The molecule has 0 aliphatic carbocycles. The van der Waals surface area contributed by atoms with Gasteiger partial charge in [-0.05, 0) is 31.2 Å². The molecule has 126 valence electrons. The van der Waals surface area contributed by atoms with Gasteiger partial charge in [0.15, 0.2) is 0 Å². The lowest BCUT2D eigenvalue weighted by Gasteiger charge is -2.31. The zero-order valence-corrected chi connectivity index (χ0v) is 14.9. The minimum Gasteiger partial charge on any atom is -0.334 e. The van der Waals surface area contributed by atoms with Crippen LogP contribution in [0.15, 0.2) is 29.6 Å². The molecule has 2 aromatic rings. The highest BCUT2D eigenvalue weighted by atomic mass is 35.5. The third kappa shape index (κ3) is 4.64. The van der Waals surface area contributed by atoms with Gasteiger partial charge in [0.1, 0.15) is 16.5 Å². The molecule has 1 aromatic heterocycles. The Balaban J connectivity index is 0.00000132. The molecule has 23 heavy (non-hydrogen) atoms. The summed E-state index contributed by atoms with van der Waals surface area (Å²) in [6, 6.07) is 6.45. The Morgan fingerprint density at radius 1 is 1.35 bits per heavy atom. The highest BCUT2D eigenvalue weighted by Gasteiger charge is 2.23. The molecule has 0 spiro atoms. The van der Waals surface area contributed by atoms with Crippen molar-refractivity contribution in [3.63, 3.8) is 0 Å². The van der Waals surface area contributed by atoms with E-state index in [4.69, 9.17) is 0 Å². The Hall–Kier alpha value is -1.21. The van der Waals surface area contributed by atoms with Crippen LogP contribution in [-0.2, 0) is 0 Å². The number of nitrogens with one attached hydrogen (secondary N) is 1. The van der Waals surface area contributed by atoms with E-state index in [2.05, 4.69) is 17.2 Å². The summed E-state index contributed by atoms with van der Waals surface area (Å²) in [7, 11) is 0. The molecule has 0 bridgehead atoms. The molecule has 1 unspecified atom stereocenters. The molecule has 0 saturated carbocycles. The third-order valence-corrected chi connectivity index (χ3v) is 4.36. The third-order valence-electron chi connectivity index (χ3n) is 3.47. The Kier molecular flexibility index (Phi) is 7.41. The van der Waals surface area contributed by atoms with E-state index >= 15 is 0 Å². The topological polar surface area (TPSA) is 45.2 Å². The van der Waals surface area contributed by atoms with E-state index in [1.165, 1.54) is 23.5 Å². The number of hydrogen-bond acceptors (Lipinski definition) is 4. The van der Waals surface area contributed by atoms with Gasteiger partial charge >= 0.3 is 0 Å². The average Bonchev–Trinajstić information content (AvgIpc) is 2.97. The summed E-state index contributed by atoms with van der Waals surface area (Å²) in [5.41, 5.74) is 1.29. The molecular weight excluding hydrogens is 360 g/mol. The van der Waals surface area contributed by atoms with Gasteiger partial charge in [0.25, 0.3) is 5.91 Å². The van der Waals surface area contributed by atoms with Crippen molar-refractivity contribution < 1.29 is 9.18 Å². The van der Waals surface area contributed by atoms with Crippen LogP contribution in [0.4, 0.5) is 4.39 Å². The van der Waals surface area contributed by atoms with Crippen LogP contribution in [0, 0.1) is 5.82 Å². The number of benzene rings is 1. The lowest BCUT2D eigenvalue weighted by molar-refractivity contribution is 0.0704. The maximum absolute atomic E-state index is 12.9. The van der Waals surface area contributed by atoms with E-state index in [9.17, 15) is 9.18 Å². The highest BCUT2D eigenvalue weighted by molar-refractivity contribution is 7.13. The molecule has 2 heterocycles. The molecule has 1 fully saturated rings. The Morgan fingerprint density at radius 2 is 2.04 bits per heavy atom. The first-order valence-corrected chi connectivity index (χ1v) is 7.75. The second-order valence-corrected chi connectivity index (χ2v) is 6.01. The number of thiazole rings is 1. The monoisotopic (exact) mass is 377 g/mol. The summed E-state index contributed by atoms with van der Waals surface area (Å²) in [5, 5.41) is 5.82. The predicted molar refractivity (Wildman–Crippen MR) is 95.4 cm³/mol. The average molecular weight is 378 g/mol. The highest BCUT2D eigenvalue weighted by Crippen LogP contribution is 2.24. The summed E-state index contributed by atoms with van der Waals surface area (Å²) in [5.74, 6) is -0.311. The van der Waals surface area contributed by atoms with Crippen LogP contribution in [0.1, 0.15) is 17.4 Å². The maximum atomic E-state index is 12.9. The first-order valence-electron chi connectivity index (χ1n) is 6.87. The minimum atomic E-state index is -0.276. The fourth-order valence-corrected chi connectivity index (χ4v) is 3.18. The van der Waals surface area contributed by atoms with Crippen LogP contribution in [0.2, 0.25) is 0 Å². The summed E-state index contributed by atoms with van der Waals surface area (Å²) in [6.45, 7) is 4.26. The standard InChI is InChI=1S/C15H16FN3OS.2ClH/c1-10-8-19(7-6-17-10)15(20)13-9-21-14(18-13)11-2-4-12(16)5-3-11;;/h2-5,9-10,17H,6-8H2,1H3;2*1H. The van der Waals surface area contributed by atoms with Gasteiger partial charge in [-0.15, -0.1) is 36.2 Å². The van der Waals surface area contributed by atoms with Gasteiger partial charge in [-0.25, -0.2) is 9.37 Å². The molecule has 0 radical (unpaired) electrons. The molecule has 1 saturated heterocycles. The summed E-state index contributed by atoms with van der Waals surface area (Å²) in [4.78, 5) is 18.6. The largest absolute Gasteiger partial charge is 0.334 e. The van der Waals surface area contributed by atoms with E-state index in [-0.39, 0.29) is 36.5 Å². The van der Waals surface area contributed by atoms with Gasteiger partial charge in [0.05, 0.1) is 0 Å². The molecule has 1 N–H and O–H groups in total. The molecule has 4 nitrogen and oxygen atoms in total. The van der Waals surface area contributed by atoms with Crippen molar-refractivity contribution in [1.82, 2.24) is 15.2 Å². The van der Waals surface area contributed by atoms with E-state index in [1.807, 2.05) is 4.90 Å². The van der Waals surface area contributed by atoms with Gasteiger partial charge in [0, 0.05) is 36.6 Å². The van der Waals surface area contributed by atoms with Gasteiger partial charge in [0.2, 0.25) is 0 Å². The van der Waals surface area contributed by atoms with Crippen LogP contribution >= 0.6 is 36.2 Å². The van der Waals surface area contributed by atoms with E-state index in [0.717, 1.165) is 17.1 Å². The van der Waals surface area contributed by atoms with Crippen molar-refractivity contribution in [2.24, 2.45) is 0 Å². The molecule has 1 atom stereocenters. The lowest BCUT2D eigenvalue weighted by atomic mass is 10.2. The van der Waals surface area contributed by atoms with Crippen LogP contribution in [0.5, 0.6) is 0 Å². The Morgan fingerprint density at radius 3 is 2.70 bits per heavy atom. The molecular formula is C15H18Cl2FN3OS. The lowest BCUT2D eigenvalue weighted by Crippen LogP contribution is -2.51. The zero-order chi connectivity index (χ0) is 14.8. The van der Waals surface area contributed by atoms with Gasteiger partial charge < -0.3 is 10.2 Å². The summed E-state index contributed by atoms with van der Waals surface area (Å²) >= 11 is 1.40. The van der Waals surface area contributed by atoms with Crippen LogP contribution in [0.25, 0.3) is 10.6 Å². The Labute approximate surface area is 150 Å². The molecule has 1 aliphatic rings. The van der Waals surface area contributed by atoms with Gasteiger partial charge in [-0.2, -0.15) is 0 Å². The number of piperazine rings is 1. The van der Waals surface area contributed by atoms with Gasteiger partial charge in [-0.1, -0.05) is 0 Å². The predicted octanol–water partition coefficient (Wildman–Crippen LogP) is 3.23. The quantitative estimate of drug-likeness (QED) is 0.873. The van der Waals surface area contributed by atoms with E-state index < -0.39 is 0 Å². The maximum Gasteiger partial charge on any atom is 0.273 e. The number of carbonyl (C=O) groups is 1. The number of halogens is 3. The normalized spacial score (nSPS) is 17.1. The van der Waals surface area contributed by atoms with E-state index in [1.54, 1.807) is 17.5 Å². The second kappa shape index (κ2) is 8.59. The number of aromatic nitrogens is 1. The molecule has 1 aliphatic heterocycles. The zero-order valence-electron chi connectivity index (χ0n) is 12.5. The second-order valence-electron chi connectivity index (χ2n) is 5.15. The number of carbonyl (C=O) groups excluding carboxylic acids is 1. The van der Waals surface area contributed by atoms with Crippen molar-refractivity contribution in [1.29, 1.82) is 0 Å². The Bertz CT molecular complexity index is 650. The first-order chi connectivity index (χ1) is 10.1. The fourth-order valence-electron chi connectivity index (χ4n) is 2.38. The SMILES string of the molecule is CC1CN(C(=O)c2csc(-c3ccc(F)cc3)n2)CCN1.Cl.Cl. The number of nitrogens with zero attached hydrogens (tertiary/aromatic N) is 2.